The molecule has 0 fully saturated rings. The molecule has 26 aromatic rings. The molecule has 4 heterocycles. The van der Waals surface area contributed by atoms with E-state index < -0.39 is 0 Å². The Kier molecular flexibility index (Phi) is 19.1. The molecular formula is C114H66Br4S4. The van der Waals surface area contributed by atoms with E-state index in [1.807, 2.05) is 45.3 Å². The molecule has 0 spiro atoms. The molecule has 0 nitrogen and oxygen atoms in total. The average Bonchev–Trinajstić information content (AvgIpc) is 1.66. The molecule has 0 aliphatic heterocycles. The number of rotatable bonds is 5. The van der Waals surface area contributed by atoms with Gasteiger partial charge in [-0.05, 0) is 280 Å². The molecule has 0 saturated heterocycles. The largest absolute Gasteiger partial charge is 0.135 e. The monoisotopic (exact) mass is 1880 g/mol. The molecule has 0 saturated carbocycles. The molecule has 0 bridgehead atoms. The van der Waals surface area contributed by atoms with Gasteiger partial charge in [-0.3, -0.25) is 0 Å². The van der Waals surface area contributed by atoms with Crippen LogP contribution in [0.25, 0.3) is 233 Å². The normalized spacial score (nSPS) is 11.8. The van der Waals surface area contributed by atoms with Crippen molar-refractivity contribution in [3.05, 3.63) is 418 Å². The molecule has 4 aromatic heterocycles. The standard InChI is InChI=1S/C36H21BrS.C30H17BrS.C26H15BrS.C22H13BrS/c37-27-18-25(17-26(19-27)32-21-24-8-2-3-9-28(24)30-11-5-6-12-31(30)32)23-14-15-34-33(20-23)36-29-10-4-1-7-22(29)13-16-35(36)38-34;31-23-10-13-25-22(16-23)6-5-21-15-19(7-11-24(21)25)20-8-12-27-29(17-20)32-28-14-9-18-3-1-2-4-26(18)30(27)28;27-23-12-11-18(20-7-3-4-8-21(20)23)17-10-13-24-22(15-17)26-19-6-2-1-5-16(19)9-14-25(26)28-24;23-17-9-5-14(6-10-17)16-8-11-20-19(13-16)22-18-4-2-1-3-15(18)7-12-21(22)24-20/h1-21H;1-17H;1-15H;1-13H. The number of benzene rings is 22. The molecule has 22 aromatic carbocycles. The smallest absolute Gasteiger partial charge is 0.0361 e. The topological polar surface area (TPSA) is 0 Å². The van der Waals surface area contributed by atoms with Gasteiger partial charge in [0, 0.05) is 98.6 Å². The lowest BCUT2D eigenvalue weighted by Crippen LogP contribution is -1.87. The Morgan fingerprint density at radius 2 is 0.484 bits per heavy atom. The molecular weight excluding hydrogens is 1820 g/mol. The van der Waals surface area contributed by atoms with Gasteiger partial charge in [0.2, 0.25) is 0 Å². The van der Waals surface area contributed by atoms with Crippen molar-refractivity contribution in [2.24, 2.45) is 0 Å². The highest BCUT2D eigenvalue weighted by molar-refractivity contribution is 9.11. The number of halogens is 4. The van der Waals surface area contributed by atoms with Crippen molar-refractivity contribution in [1.82, 2.24) is 0 Å². The van der Waals surface area contributed by atoms with Gasteiger partial charge in [0.05, 0.1) is 0 Å². The summed E-state index contributed by atoms with van der Waals surface area (Å²) >= 11 is 22.2. The first kappa shape index (κ1) is 75.0. The van der Waals surface area contributed by atoms with E-state index in [0.29, 0.717) is 0 Å². The fourth-order valence-corrected chi connectivity index (χ4v) is 24.6. The Balaban J connectivity index is 0.0000000957. The lowest BCUT2D eigenvalue weighted by molar-refractivity contribution is 1.60. The maximum absolute atomic E-state index is 3.84. The predicted octanol–water partition coefficient (Wildman–Crippen LogP) is 38.0. The molecule has 0 amide bonds. The van der Waals surface area contributed by atoms with Crippen molar-refractivity contribution >= 4 is 287 Å². The summed E-state index contributed by atoms with van der Waals surface area (Å²) in [5, 5.41) is 34.2. The van der Waals surface area contributed by atoms with Crippen molar-refractivity contribution in [2.75, 3.05) is 0 Å². The third kappa shape index (κ3) is 13.5. The van der Waals surface area contributed by atoms with Gasteiger partial charge in [-0.2, -0.15) is 0 Å². The first-order valence-corrected chi connectivity index (χ1v) is 47.1. The van der Waals surface area contributed by atoms with E-state index in [1.165, 1.54) is 233 Å². The molecule has 0 aliphatic carbocycles. The van der Waals surface area contributed by atoms with Gasteiger partial charge in [-0.1, -0.05) is 337 Å². The third-order valence-electron chi connectivity index (χ3n) is 24.2. The summed E-state index contributed by atoms with van der Waals surface area (Å²) in [6.45, 7) is 0. The summed E-state index contributed by atoms with van der Waals surface area (Å²) in [6.07, 6.45) is 0. The minimum atomic E-state index is 1.09. The molecule has 122 heavy (non-hydrogen) atoms. The van der Waals surface area contributed by atoms with Crippen LogP contribution < -0.4 is 0 Å². The van der Waals surface area contributed by atoms with Crippen molar-refractivity contribution < 1.29 is 0 Å². The van der Waals surface area contributed by atoms with Crippen LogP contribution in [0.15, 0.2) is 418 Å². The van der Waals surface area contributed by atoms with Gasteiger partial charge in [0.15, 0.2) is 0 Å². The quantitative estimate of drug-likeness (QED) is 0.151. The minimum absolute atomic E-state index is 1.09. The average molecular weight is 1880 g/mol. The van der Waals surface area contributed by atoms with Crippen LogP contribution in [0.2, 0.25) is 0 Å². The minimum Gasteiger partial charge on any atom is -0.135 e. The lowest BCUT2D eigenvalue weighted by atomic mass is 9.91. The highest BCUT2D eigenvalue weighted by atomic mass is 79.9. The fraction of sp³-hybridized carbons (Fsp3) is 0. The Bertz CT molecular complexity index is 8790. The zero-order valence-electron chi connectivity index (χ0n) is 65.2. The lowest BCUT2D eigenvalue weighted by Gasteiger charge is -2.13. The zero-order chi connectivity index (χ0) is 81.2. The van der Waals surface area contributed by atoms with E-state index in [1.54, 1.807) is 0 Å². The molecule has 0 aliphatic rings. The third-order valence-corrected chi connectivity index (χ3v) is 30.9. The maximum atomic E-state index is 3.84. The van der Waals surface area contributed by atoms with Crippen LogP contribution in [0.4, 0.5) is 0 Å². The van der Waals surface area contributed by atoms with Crippen molar-refractivity contribution in [2.45, 2.75) is 0 Å². The van der Waals surface area contributed by atoms with E-state index in [9.17, 15) is 0 Å². The predicted molar refractivity (Wildman–Crippen MR) is 553 cm³/mol. The SMILES string of the molecule is Brc1cc(-c2ccc3sc4ccc5ccccc5c4c3c2)cc(-c2cc3ccccc3c3ccccc23)c1.Brc1ccc(-c2ccc3sc4ccc5ccccc5c4c3c2)c2ccccc12.Brc1ccc(-c2ccc3sc4ccc5ccccc5c4c3c2)cc1.Brc1ccc2c(ccc3cc(-c4ccc5c(c4)sc4ccc6ccccc6c45)ccc32)c1. The molecule has 0 radical (unpaired) electrons. The number of hydrogen-bond acceptors (Lipinski definition) is 4. The van der Waals surface area contributed by atoms with E-state index in [4.69, 9.17) is 0 Å². The number of thiophene rings is 4. The first-order chi connectivity index (χ1) is 60.1. The van der Waals surface area contributed by atoms with Gasteiger partial charge in [-0.25, -0.2) is 0 Å². The maximum Gasteiger partial charge on any atom is 0.0361 e. The van der Waals surface area contributed by atoms with Gasteiger partial charge in [-0.15, -0.1) is 45.3 Å². The van der Waals surface area contributed by atoms with Gasteiger partial charge >= 0.3 is 0 Å². The summed E-state index contributed by atoms with van der Waals surface area (Å²) < 4.78 is 15.2. The van der Waals surface area contributed by atoms with Crippen LogP contribution in [-0.4, -0.2) is 0 Å². The molecule has 0 N–H and O–H groups in total. The van der Waals surface area contributed by atoms with Crippen LogP contribution in [-0.2, 0) is 0 Å². The van der Waals surface area contributed by atoms with Gasteiger partial charge in [0.25, 0.3) is 0 Å². The molecule has 574 valence electrons. The van der Waals surface area contributed by atoms with Crippen molar-refractivity contribution in [1.29, 1.82) is 0 Å². The zero-order valence-corrected chi connectivity index (χ0v) is 74.9. The van der Waals surface area contributed by atoms with E-state index in [-0.39, 0.29) is 0 Å². The Morgan fingerprint density at radius 1 is 0.139 bits per heavy atom. The van der Waals surface area contributed by atoms with Crippen LogP contribution in [0, 0.1) is 0 Å². The van der Waals surface area contributed by atoms with Crippen molar-refractivity contribution in [3.63, 3.8) is 0 Å². The Labute approximate surface area is 753 Å². The second-order valence-electron chi connectivity index (χ2n) is 31.3. The van der Waals surface area contributed by atoms with Crippen molar-refractivity contribution in [3.8, 4) is 55.6 Å². The molecule has 26 rings (SSSR count). The van der Waals surface area contributed by atoms with Crippen LogP contribution >= 0.6 is 109 Å². The van der Waals surface area contributed by atoms with E-state index in [2.05, 4.69) is 464 Å². The van der Waals surface area contributed by atoms with Crippen LogP contribution in [0.5, 0.6) is 0 Å². The van der Waals surface area contributed by atoms with Crippen LogP contribution in [0.3, 0.4) is 0 Å². The van der Waals surface area contributed by atoms with Gasteiger partial charge < -0.3 is 0 Å². The highest BCUT2D eigenvalue weighted by Gasteiger charge is 2.19. The Hall–Kier alpha value is -12.0. The van der Waals surface area contributed by atoms with E-state index in [0.717, 1.165) is 17.9 Å². The van der Waals surface area contributed by atoms with E-state index >= 15 is 0 Å². The number of hydrogen-bond donors (Lipinski definition) is 0. The van der Waals surface area contributed by atoms with Crippen LogP contribution in [0.1, 0.15) is 0 Å². The molecule has 8 heteroatoms. The summed E-state index contributed by atoms with van der Waals surface area (Å²) in [7, 11) is 0. The second kappa shape index (κ2) is 31.1. The highest BCUT2D eigenvalue weighted by Crippen LogP contribution is 2.48. The summed E-state index contributed by atoms with van der Waals surface area (Å²) in [6, 6.07) is 146. The van der Waals surface area contributed by atoms with Gasteiger partial charge in [0.1, 0.15) is 0 Å². The summed E-state index contributed by atoms with van der Waals surface area (Å²) in [5.41, 5.74) is 12.5. The first-order valence-electron chi connectivity index (χ1n) is 40.7. The summed E-state index contributed by atoms with van der Waals surface area (Å²) in [4.78, 5) is 0. The number of fused-ring (bicyclic) bond motifs is 27. The summed E-state index contributed by atoms with van der Waals surface area (Å²) in [5.74, 6) is 0. The molecule has 0 unspecified atom stereocenters. The molecule has 0 atom stereocenters. The Morgan fingerprint density at radius 3 is 1.03 bits per heavy atom. The second-order valence-corrected chi connectivity index (χ2v) is 39.3. The fourth-order valence-electron chi connectivity index (χ4n) is 18.5.